The molecular weight excluding hydrogens is 1070 g/mol. The molecule has 0 atom stereocenters. The van der Waals surface area contributed by atoms with Crippen molar-refractivity contribution in [3.63, 3.8) is 0 Å². The smallest absolute Gasteiger partial charge is 0.468 e. The van der Waals surface area contributed by atoms with Crippen molar-refractivity contribution in [1.82, 2.24) is 8.61 Å². The Hall–Kier alpha value is -2.82. The Morgan fingerprint density at radius 2 is 1.09 bits per heavy atom. The molecule has 0 radical (unpaired) electrons. The summed E-state index contributed by atoms with van der Waals surface area (Å²) in [5.41, 5.74) is 1.34. The van der Waals surface area contributed by atoms with Gasteiger partial charge >= 0.3 is 24.7 Å². The molecule has 0 spiro atoms. The van der Waals surface area contributed by atoms with Crippen LogP contribution in [0.25, 0.3) is 0 Å². The Labute approximate surface area is 397 Å². The third-order valence-corrected chi connectivity index (χ3v) is 15.2. The largest absolute Gasteiger partial charge is 0.573 e. The molecule has 2 aromatic rings. The zero-order valence-corrected chi connectivity index (χ0v) is 41.0. The molecule has 3 saturated heterocycles. The lowest BCUT2D eigenvalue weighted by Crippen LogP contribution is -2.58. The quantitative estimate of drug-likeness (QED) is 0.0685. The summed E-state index contributed by atoms with van der Waals surface area (Å²) in [6.45, 7) is 3.16. The van der Waals surface area contributed by atoms with Gasteiger partial charge in [-0.05, 0) is 61.1 Å². The summed E-state index contributed by atoms with van der Waals surface area (Å²) in [7, 11) is -5.36. The molecule has 66 heavy (non-hydrogen) atoms. The van der Waals surface area contributed by atoms with Crippen LogP contribution in [0.4, 0.5) is 26.3 Å². The second-order valence-electron chi connectivity index (χ2n) is 14.6. The van der Waals surface area contributed by atoms with Gasteiger partial charge in [0.05, 0.1) is 52.9 Å². The van der Waals surface area contributed by atoms with E-state index in [9.17, 15) is 52.8 Å². The number of hydrogen-bond acceptors (Lipinski definition) is 14. The maximum atomic E-state index is 13.3. The van der Waals surface area contributed by atoms with E-state index >= 15 is 0 Å². The van der Waals surface area contributed by atoms with Crippen molar-refractivity contribution in [1.29, 1.82) is 0 Å². The van der Waals surface area contributed by atoms with Crippen LogP contribution in [0.15, 0.2) is 48.5 Å². The lowest BCUT2D eigenvalue weighted by atomic mass is 9.99. The van der Waals surface area contributed by atoms with Crippen LogP contribution < -0.4 is 9.47 Å². The average molecular weight is 1120 g/mol. The van der Waals surface area contributed by atoms with E-state index in [2.05, 4.69) is 46.1 Å². The van der Waals surface area contributed by atoms with Gasteiger partial charge in [-0.3, -0.25) is 9.59 Å². The van der Waals surface area contributed by atoms with E-state index < -0.39 is 55.2 Å². The van der Waals surface area contributed by atoms with Gasteiger partial charge in [0.15, 0.2) is 10.5 Å². The average Bonchev–Trinajstić information content (AvgIpc) is 3.28. The summed E-state index contributed by atoms with van der Waals surface area (Å²) >= 11 is 6.48. The molecule has 2 aromatic carbocycles. The number of piperidine rings is 2. The number of rotatable bonds is 18. The number of hydrogen-bond donors (Lipinski definition) is 0. The maximum Gasteiger partial charge on any atom is 0.573 e. The Bertz CT molecular complexity index is 1980. The summed E-state index contributed by atoms with van der Waals surface area (Å²) in [6.07, 6.45) is -8.00. The number of nitrogens with zero attached hydrogens (tertiary/aromatic N) is 2. The minimum absolute atomic E-state index is 0.0481. The van der Waals surface area contributed by atoms with Crippen molar-refractivity contribution >= 4 is 63.8 Å². The Morgan fingerprint density at radius 3 is 1.45 bits per heavy atom. The van der Waals surface area contributed by atoms with E-state index in [1.54, 1.807) is 0 Å². The van der Waals surface area contributed by atoms with E-state index in [0.717, 1.165) is 31.0 Å². The first kappa shape index (κ1) is 57.5. The van der Waals surface area contributed by atoms with E-state index in [1.165, 1.54) is 64.3 Å². The third kappa shape index (κ3) is 19.3. The predicted molar refractivity (Wildman–Crippen MR) is 233 cm³/mol. The number of benzene rings is 2. The van der Waals surface area contributed by atoms with Crippen molar-refractivity contribution in [2.24, 2.45) is 0 Å². The first-order chi connectivity index (χ1) is 31.1. The number of esters is 2. The maximum absolute atomic E-state index is 13.3. The number of alkyl halides is 8. The Morgan fingerprint density at radius 1 is 0.682 bits per heavy atom. The second-order valence-corrected chi connectivity index (χ2v) is 20.4. The van der Waals surface area contributed by atoms with Crippen LogP contribution in [0.1, 0.15) is 49.7 Å². The van der Waals surface area contributed by atoms with Crippen molar-refractivity contribution in [3.8, 4) is 11.5 Å². The Kier molecular flexibility index (Phi) is 23.9. The van der Waals surface area contributed by atoms with E-state index in [0.29, 0.717) is 36.8 Å². The van der Waals surface area contributed by atoms with Crippen LogP contribution in [-0.4, -0.2) is 150 Å². The van der Waals surface area contributed by atoms with Gasteiger partial charge in [-0.2, -0.15) is 0 Å². The van der Waals surface area contributed by atoms with E-state index in [1.807, 2.05) is 0 Å². The summed E-state index contributed by atoms with van der Waals surface area (Å²) in [5, 5.41) is 1.86. The zero-order valence-electron chi connectivity index (χ0n) is 36.2. The molecule has 3 aliphatic rings. The number of sulfonamides is 2. The highest BCUT2D eigenvalue weighted by molar-refractivity contribution is 9.09. The molecule has 0 saturated carbocycles. The molecule has 0 aromatic heterocycles. The first-order valence-electron chi connectivity index (χ1n) is 20.4. The fourth-order valence-electron chi connectivity index (χ4n) is 6.73. The van der Waals surface area contributed by atoms with Crippen LogP contribution in [0.2, 0.25) is 0 Å². The second kappa shape index (κ2) is 27.4. The molecule has 0 N–H and O–H groups in total. The lowest BCUT2D eigenvalue weighted by Gasteiger charge is -2.40. The van der Waals surface area contributed by atoms with Gasteiger partial charge in [-0.15, -0.1) is 26.3 Å². The van der Waals surface area contributed by atoms with Crippen LogP contribution in [0.3, 0.4) is 0 Å². The summed E-state index contributed by atoms with van der Waals surface area (Å²) in [6, 6.07) is 10.7. The van der Waals surface area contributed by atoms with E-state index in [4.69, 9.17) is 23.7 Å². The van der Waals surface area contributed by atoms with Crippen LogP contribution in [0, 0.1) is 0 Å². The number of halogens is 8. The fraction of sp³-hybridized carbons (Fsp3) is 0.650. The van der Waals surface area contributed by atoms with E-state index in [-0.39, 0.29) is 89.2 Å². The zero-order chi connectivity index (χ0) is 49.0. The highest BCUT2D eigenvalue weighted by Crippen LogP contribution is 2.35. The van der Waals surface area contributed by atoms with Gasteiger partial charge < -0.3 is 37.9 Å². The molecule has 0 aliphatic carbocycles. The number of methoxy groups -OCH3 is 2. The standard InChI is InChI=1S/C20H26F3NO7S.C16H20F3NO6S.C4H8Br2O/c1-28-18(25)19(8-12-29-13-9-19)32(26,27)24-10-6-16(7-11-24)30-14-15-2-4-17(5-3-15)31-20(21,22)23;1-24-15(21)11-27(22,23)20-8-6-13(7-9-20)25-10-12-2-4-14(5-3-12)26-16(17,18)19;5-1-3-7-4-2-6/h2-5,16H,6-14H2,1H3;2-5,13H,6-11H2,1H3;1-4H2. The molecule has 376 valence electrons. The van der Waals surface area contributed by atoms with Crippen molar-refractivity contribution < 1.29 is 90.7 Å². The van der Waals surface area contributed by atoms with Gasteiger partial charge in [0.1, 0.15) is 11.5 Å². The minimum atomic E-state index is -4.75. The van der Waals surface area contributed by atoms with Crippen LogP contribution in [0.5, 0.6) is 11.5 Å². The molecule has 16 nitrogen and oxygen atoms in total. The highest BCUT2D eigenvalue weighted by atomic mass is 79.9. The monoisotopic (exact) mass is 1120 g/mol. The molecule has 5 rings (SSSR count). The van der Waals surface area contributed by atoms with Gasteiger partial charge in [-0.1, -0.05) is 56.1 Å². The molecule has 26 heteroatoms. The molecule has 3 aliphatic heterocycles. The van der Waals surface area contributed by atoms with Gasteiger partial charge in [0.2, 0.25) is 20.0 Å². The lowest BCUT2D eigenvalue weighted by molar-refractivity contribution is -0.275. The van der Waals surface area contributed by atoms with Crippen molar-refractivity contribution in [2.75, 3.05) is 83.2 Å². The summed E-state index contributed by atoms with van der Waals surface area (Å²) < 4.78 is 163. The van der Waals surface area contributed by atoms with Gasteiger partial charge in [-0.25, -0.2) is 25.4 Å². The molecule has 0 bridgehead atoms. The molecule has 3 fully saturated rings. The molecule has 0 unspecified atom stereocenters. The topological polar surface area (TPSA) is 183 Å². The third-order valence-electron chi connectivity index (χ3n) is 10.1. The molecular formula is C40H54Br2F6N2O14S2. The summed E-state index contributed by atoms with van der Waals surface area (Å²) in [5.74, 6) is -2.90. The SMILES string of the molecule is BrCCOCCBr.COC(=O)C1(S(=O)(=O)N2CCC(OCc3ccc(OC(F)(F)F)cc3)CC2)CCOCC1.COC(=O)CS(=O)(=O)N1CCC(OCc2ccc(OC(F)(F)F)cc2)CC1. The summed E-state index contributed by atoms with van der Waals surface area (Å²) in [4.78, 5) is 23.6. The van der Waals surface area contributed by atoms with Crippen molar-refractivity contribution in [2.45, 2.75) is 81.4 Å². The molecule has 0 amide bonds. The fourth-order valence-corrected chi connectivity index (χ4v) is 10.7. The molecule has 3 heterocycles. The number of ether oxygens (including phenoxy) is 8. The van der Waals surface area contributed by atoms with Crippen LogP contribution >= 0.6 is 31.9 Å². The minimum Gasteiger partial charge on any atom is -0.468 e. The predicted octanol–water partition coefficient (Wildman–Crippen LogP) is 6.48. The van der Waals surface area contributed by atoms with Gasteiger partial charge in [0, 0.05) is 62.9 Å². The number of carbonyl (C=O) groups is 2. The Balaban J connectivity index is 0.000000309. The number of carbonyl (C=O) groups excluding carboxylic acids is 2. The van der Waals surface area contributed by atoms with Gasteiger partial charge in [0.25, 0.3) is 0 Å². The van der Waals surface area contributed by atoms with Crippen LogP contribution in [-0.2, 0) is 71.3 Å². The normalized spacial score (nSPS) is 17.9. The first-order valence-corrected chi connectivity index (χ1v) is 25.7. The van der Waals surface area contributed by atoms with Crippen molar-refractivity contribution in [3.05, 3.63) is 59.7 Å². The highest BCUT2D eigenvalue weighted by Gasteiger charge is 2.55.